The van der Waals surface area contributed by atoms with E-state index in [9.17, 15) is 9.59 Å². The third kappa shape index (κ3) is 4.76. The summed E-state index contributed by atoms with van der Waals surface area (Å²) in [5, 5.41) is 3.51. The van der Waals surface area contributed by atoms with Gasteiger partial charge in [-0.3, -0.25) is 4.79 Å². The van der Waals surface area contributed by atoms with Crippen molar-refractivity contribution in [1.82, 2.24) is 9.80 Å². The van der Waals surface area contributed by atoms with E-state index in [1.807, 2.05) is 53.4 Å². The molecule has 0 radical (unpaired) electrons. The molecular formula is C20H22ClN3O2. The first-order valence-corrected chi connectivity index (χ1v) is 9.13. The molecule has 1 aliphatic heterocycles. The van der Waals surface area contributed by atoms with Crippen molar-refractivity contribution < 1.29 is 9.59 Å². The summed E-state index contributed by atoms with van der Waals surface area (Å²) in [6, 6.07) is 16.7. The highest BCUT2D eigenvalue weighted by molar-refractivity contribution is 6.31. The molecule has 0 aliphatic carbocycles. The lowest BCUT2D eigenvalue weighted by Crippen LogP contribution is -2.39. The fraction of sp³-hybridized carbons (Fsp3) is 0.300. The van der Waals surface area contributed by atoms with E-state index in [1.54, 1.807) is 11.0 Å². The van der Waals surface area contributed by atoms with Crippen molar-refractivity contribution in [3.63, 3.8) is 0 Å². The van der Waals surface area contributed by atoms with E-state index in [-0.39, 0.29) is 18.4 Å². The van der Waals surface area contributed by atoms with Crippen LogP contribution in [0, 0.1) is 0 Å². The smallest absolute Gasteiger partial charge is 0.321 e. The van der Waals surface area contributed by atoms with E-state index in [0.717, 1.165) is 17.7 Å². The number of amides is 3. The second kappa shape index (κ2) is 8.72. The van der Waals surface area contributed by atoms with Gasteiger partial charge in [0.05, 0.1) is 6.42 Å². The largest absolute Gasteiger partial charge is 0.341 e. The summed E-state index contributed by atoms with van der Waals surface area (Å²) >= 11 is 6.15. The SMILES string of the molecule is O=C(Cc1ccccc1Cl)N1CCCN(C(=O)Nc2ccccc2)CC1. The summed E-state index contributed by atoms with van der Waals surface area (Å²) in [5.41, 5.74) is 1.61. The van der Waals surface area contributed by atoms with Gasteiger partial charge >= 0.3 is 6.03 Å². The van der Waals surface area contributed by atoms with Crippen molar-refractivity contribution in [1.29, 1.82) is 0 Å². The Balaban J connectivity index is 1.55. The van der Waals surface area contributed by atoms with Gasteiger partial charge < -0.3 is 15.1 Å². The van der Waals surface area contributed by atoms with E-state index >= 15 is 0 Å². The number of para-hydroxylation sites is 1. The number of hydrogen-bond acceptors (Lipinski definition) is 2. The van der Waals surface area contributed by atoms with Crippen LogP contribution >= 0.6 is 11.6 Å². The predicted molar refractivity (Wildman–Crippen MR) is 103 cm³/mol. The molecule has 1 fully saturated rings. The Kier molecular flexibility index (Phi) is 6.12. The first kappa shape index (κ1) is 18.3. The molecule has 0 aromatic heterocycles. The van der Waals surface area contributed by atoms with Crippen LogP contribution in [0.5, 0.6) is 0 Å². The second-order valence-electron chi connectivity index (χ2n) is 6.29. The molecule has 0 unspecified atom stereocenters. The number of rotatable bonds is 3. The van der Waals surface area contributed by atoms with Crippen LogP contribution in [-0.4, -0.2) is 47.9 Å². The zero-order valence-corrected chi connectivity index (χ0v) is 15.3. The van der Waals surface area contributed by atoms with Gasteiger partial charge in [0, 0.05) is 36.9 Å². The van der Waals surface area contributed by atoms with E-state index in [2.05, 4.69) is 5.32 Å². The zero-order chi connectivity index (χ0) is 18.4. The van der Waals surface area contributed by atoms with Gasteiger partial charge in [-0.1, -0.05) is 48.0 Å². The highest BCUT2D eigenvalue weighted by Gasteiger charge is 2.22. The number of halogens is 1. The number of nitrogens with one attached hydrogen (secondary N) is 1. The van der Waals surface area contributed by atoms with Gasteiger partial charge in [0.25, 0.3) is 0 Å². The molecule has 0 atom stereocenters. The number of carbonyl (C=O) groups is 2. The van der Waals surface area contributed by atoms with Crippen molar-refractivity contribution in [2.75, 3.05) is 31.5 Å². The van der Waals surface area contributed by atoms with Crippen LogP contribution in [0.4, 0.5) is 10.5 Å². The van der Waals surface area contributed by atoms with E-state index < -0.39 is 0 Å². The summed E-state index contributed by atoms with van der Waals surface area (Å²) in [6.07, 6.45) is 1.05. The molecule has 1 N–H and O–H groups in total. The molecule has 2 aromatic carbocycles. The lowest BCUT2D eigenvalue weighted by atomic mass is 10.1. The molecule has 0 bridgehead atoms. The average molecular weight is 372 g/mol. The van der Waals surface area contributed by atoms with Crippen molar-refractivity contribution in [2.24, 2.45) is 0 Å². The maximum atomic E-state index is 12.6. The number of anilines is 1. The molecule has 3 amide bonds. The number of urea groups is 1. The van der Waals surface area contributed by atoms with Crippen LogP contribution in [0.25, 0.3) is 0 Å². The summed E-state index contributed by atoms with van der Waals surface area (Å²) < 4.78 is 0. The van der Waals surface area contributed by atoms with E-state index in [4.69, 9.17) is 11.6 Å². The second-order valence-corrected chi connectivity index (χ2v) is 6.69. The minimum absolute atomic E-state index is 0.0448. The molecule has 2 aromatic rings. The molecular weight excluding hydrogens is 350 g/mol. The minimum Gasteiger partial charge on any atom is -0.341 e. The minimum atomic E-state index is -0.128. The normalized spacial score (nSPS) is 14.7. The number of carbonyl (C=O) groups excluding carboxylic acids is 2. The molecule has 1 saturated heterocycles. The van der Waals surface area contributed by atoms with Gasteiger partial charge in [-0.2, -0.15) is 0 Å². The molecule has 0 spiro atoms. The van der Waals surface area contributed by atoms with Gasteiger partial charge in [0.1, 0.15) is 0 Å². The Morgan fingerprint density at radius 2 is 1.54 bits per heavy atom. The maximum absolute atomic E-state index is 12.6. The highest BCUT2D eigenvalue weighted by atomic mass is 35.5. The molecule has 1 aliphatic rings. The molecule has 5 nitrogen and oxygen atoms in total. The first-order chi connectivity index (χ1) is 12.6. The van der Waals surface area contributed by atoms with Gasteiger partial charge in [-0.25, -0.2) is 4.79 Å². The molecule has 136 valence electrons. The number of hydrogen-bond donors (Lipinski definition) is 1. The van der Waals surface area contributed by atoms with Crippen molar-refractivity contribution in [3.05, 3.63) is 65.2 Å². The average Bonchev–Trinajstić information content (AvgIpc) is 2.91. The summed E-state index contributed by atoms with van der Waals surface area (Å²) in [7, 11) is 0. The van der Waals surface area contributed by atoms with Crippen molar-refractivity contribution >= 4 is 29.2 Å². The Morgan fingerprint density at radius 1 is 0.885 bits per heavy atom. The third-order valence-corrected chi connectivity index (χ3v) is 4.83. The number of nitrogens with zero attached hydrogens (tertiary/aromatic N) is 2. The standard InChI is InChI=1S/C20H22ClN3O2/c21-18-10-5-4-7-16(18)15-19(25)23-11-6-12-24(14-13-23)20(26)22-17-8-2-1-3-9-17/h1-5,7-10H,6,11-15H2,(H,22,26). The lowest BCUT2D eigenvalue weighted by Gasteiger charge is -2.22. The molecule has 6 heteroatoms. The van der Waals surface area contributed by atoms with Crippen LogP contribution in [0.2, 0.25) is 5.02 Å². The zero-order valence-electron chi connectivity index (χ0n) is 14.5. The van der Waals surface area contributed by atoms with Gasteiger partial charge in [-0.15, -0.1) is 0 Å². The predicted octanol–water partition coefficient (Wildman–Crippen LogP) is 3.65. The molecule has 1 heterocycles. The first-order valence-electron chi connectivity index (χ1n) is 8.75. The van der Waals surface area contributed by atoms with Crippen LogP contribution in [0.15, 0.2) is 54.6 Å². The highest BCUT2D eigenvalue weighted by Crippen LogP contribution is 2.17. The van der Waals surface area contributed by atoms with Gasteiger partial charge in [-0.05, 0) is 30.2 Å². The number of benzene rings is 2. The summed E-state index contributed by atoms with van der Waals surface area (Å²) in [6.45, 7) is 2.34. The van der Waals surface area contributed by atoms with Gasteiger partial charge in [0.15, 0.2) is 0 Å². The fourth-order valence-electron chi connectivity index (χ4n) is 3.01. The molecule has 3 rings (SSSR count). The Hall–Kier alpha value is -2.53. The summed E-state index contributed by atoms with van der Waals surface area (Å²) in [5.74, 6) is 0.0448. The monoisotopic (exact) mass is 371 g/mol. The Bertz CT molecular complexity index is 767. The van der Waals surface area contributed by atoms with Crippen LogP contribution < -0.4 is 5.32 Å². The Morgan fingerprint density at radius 3 is 2.31 bits per heavy atom. The quantitative estimate of drug-likeness (QED) is 0.895. The van der Waals surface area contributed by atoms with E-state index in [0.29, 0.717) is 31.2 Å². The van der Waals surface area contributed by atoms with Crippen molar-refractivity contribution in [3.8, 4) is 0 Å². The van der Waals surface area contributed by atoms with Crippen LogP contribution in [0.3, 0.4) is 0 Å². The van der Waals surface area contributed by atoms with Crippen molar-refractivity contribution in [2.45, 2.75) is 12.8 Å². The molecule has 26 heavy (non-hydrogen) atoms. The maximum Gasteiger partial charge on any atom is 0.321 e. The lowest BCUT2D eigenvalue weighted by molar-refractivity contribution is -0.130. The third-order valence-electron chi connectivity index (χ3n) is 4.46. The van der Waals surface area contributed by atoms with Gasteiger partial charge in [0.2, 0.25) is 5.91 Å². The molecule has 0 saturated carbocycles. The van der Waals surface area contributed by atoms with E-state index in [1.165, 1.54) is 0 Å². The summed E-state index contributed by atoms with van der Waals surface area (Å²) in [4.78, 5) is 28.6. The fourth-order valence-corrected chi connectivity index (χ4v) is 3.21. The van der Waals surface area contributed by atoms with Crippen LogP contribution in [-0.2, 0) is 11.2 Å². The van der Waals surface area contributed by atoms with Crippen LogP contribution in [0.1, 0.15) is 12.0 Å². The topological polar surface area (TPSA) is 52.7 Å². The Labute approximate surface area is 158 Å².